The van der Waals surface area contributed by atoms with Crippen LogP contribution in [-0.2, 0) is 10.0 Å². The van der Waals surface area contributed by atoms with Crippen LogP contribution in [0.1, 0.15) is 11.1 Å². The largest absolute Gasteiger partial charge is 0.397 e. The minimum Gasteiger partial charge on any atom is -0.397 e. The molecule has 0 aliphatic carbocycles. The van der Waals surface area contributed by atoms with Crippen LogP contribution in [-0.4, -0.2) is 26.3 Å². The number of rotatable bonds is 3. The number of sulfonamides is 1. The minimum absolute atomic E-state index is 0.0230. The normalized spacial score (nSPS) is 11.5. The third-order valence-electron chi connectivity index (χ3n) is 2.59. The van der Waals surface area contributed by atoms with Gasteiger partial charge in [0.1, 0.15) is 4.90 Å². The van der Waals surface area contributed by atoms with Crippen molar-refractivity contribution >= 4 is 15.7 Å². The summed E-state index contributed by atoms with van der Waals surface area (Å²) in [5.41, 5.74) is 7.49. The number of nitrogens with two attached hydrogens (primary N) is 1. The highest BCUT2D eigenvalue weighted by Gasteiger charge is 2.25. The van der Waals surface area contributed by atoms with Gasteiger partial charge >= 0.3 is 0 Å². The second kappa shape index (κ2) is 4.78. The average Bonchev–Trinajstić information content (AvgIpc) is 2.24. The Kier molecular flexibility index (Phi) is 3.81. The summed E-state index contributed by atoms with van der Waals surface area (Å²) in [6.07, 6.45) is 5.12. The standard InChI is InChI=1S/C12H16N2O2S/c1-5-8-14(4)17(15,16)12-10(3)7-6-9(2)11(12)13/h1,6-7H,8,13H2,2-4H3. The lowest BCUT2D eigenvalue weighted by atomic mass is 10.1. The van der Waals surface area contributed by atoms with Gasteiger partial charge in [-0.3, -0.25) is 0 Å². The van der Waals surface area contributed by atoms with Gasteiger partial charge in [-0.1, -0.05) is 18.1 Å². The Morgan fingerprint density at radius 2 is 1.88 bits per heavy atom. The van der Waals surface area contributed by atoms with Crippen molar-refractivity contribution in [3.63, 3.8) is 0 Å². The zero-order chi connectivity index (χ0) is 13.2. The first-order valence-corrected chi connectivity index (χ1v) is 6.52. The summed E-state index contributed by atoms with van der Waals surface area (Å²) >= 11 is 0. The lowest BCUT2D eigenvalue weighted by molar-refractivity contribution is 0.503. The van der Waals surface area contributed by atoms with Crippen molar-refractivity contribution in [1.82, 2.24) is 4.31 Å². The Bertz CT molecular complexity index is 571. The second-order valence-corrected chi connectivity index (χ2v) is 5.89. The molecule has 1 aromatic carbocycles. The van der Waals surface area contributed by atoms with Gasteiger partial charge in [0.2, 0.25) is 10.0 Å². The van der Waals surface area contributed by atoms with Crippen LogP contribution in [0.2, 0.25) is 0 Å². The fourth-order valence-corrected chi connectivity index (χ4v) is 2.99. The maximum absolute atomic E-state index is 12.3. The Balaban J connectivity index is 3.45. The zero-order valence-corrected chi connectivity index (χ0v) is 11.0. The van der Waals surface area contributed by atoms with Gasteiger partial charge in [0.25, 0.3) is 0 Å². The molecule has 2 N–H and O–H groups in total. The Labute approximate surface area is 102 Å². The van der Waals surface area contributed by atoms with Gasteiger partial charge in [0.05, 0.1) is 12.2 Å². The average molecular weight is 252 g/mol. The first-order valence-electron chi connectivity index (χ1n) is 5.08. The van der Waals surface area contributed by atoms with E-state index in [9.17, 15) is 8.42 Å². The fourth-order valence-electron chi connectivity index (χ4n) is 1.52. The molecule has 0 atom stereocenters. The first kappa shape index (κ1) is 13.6. The molecule has 5 heteroatoms. The van der Waals surface area contributed by atoms with E-state index in [1.165, 1.54) is 7.05 Å². The van der Waals surface area contributed by atoms with E-state index in [0.29, 0.717) is 5.56 Å². The topological polar surface area (TPSA) is 63.4 Å². The Morgan fingerprint density at radius 1 is 1.35 bits per heavy atom. The van der Waals surface area contributed by atoms with Crippen LogP contribution in [0.25, 0.3) is 0 Å². The molecule has 0 aromatic heterocycles. The maximum atomic E-state index is 12.3. The summed E-state index contributed by atoms with van der Waals surface area (Å²) in [7, 11) is -2.18. The van der Waals surface area contributed by atoms with Crippen LogP contribution >= 0.6 is 0 Å². The third-order valence-corrected chi connectivity index (χ3v) is 4.60. The number of benzene rings is 1. The lowest BCUT2D eigenvalue weighted by Crippen LogP contribution is -2.28. The number of hydrogen-bond donors (Lipinski definition) is 1. The van der Waals surface area contributed by atoms with Gasteiger partial charge in [-0.25, -0.2) is 8.42 Å². The number of hydrogen-bond acceptors (Lipinski definition) is 3. The van der Waals surface area contributed by atoms with Gasteiger partial charge in [-0.15, -0.1) is 6.42 Å². The molecular weight excluding hydrogens is 236 g/mol. The van der Waals surface area contributed by atoms with Crippen LogP contribution in [0.15, 0.2) is 17.0 Å². The Hall–Kier alpha value is -1.51. The molecule has 0 bridgehead atoms. The summed E-state index contributed by atoms with van der Waals surface area (Å²) in [5, 5.41) is 0. The van der Waals surface area contributed by atoms with E-state index in [-0.39, 0.29) is 17.1 Å². The molecule has 0 heterocycles. The minimum atomic E-state index is -3.62. The van der Waals surface area contributed by atoms with Crippen LogP contribution < -0.4 is 5.73 Å². The van der Waals surface area contributed by atoms with Crippen molar-refractivity contribution in [2.45, 2.75) is 18.7 Å². The second-order valence-electron chi connectivity index (χ2n) is 3.91. The number of terminal acetylenes is 1. The lowest BCUT2D eigenvalue weighted by Gasteiger charge is -2.18. The fraction of sp³-hybridized carbons (Fsp3) is 0.333. The molecule has 1 aromatic rings. The van der Waals surface area contributed by atoms with E-state index in [1.807, 2.05) is 0 Å². The molecule has 0 radical (unpaired) electrons. The molecule has 0 fully saturated rings. The summed E-state index contributed by atoms with van der Waals surface area (Å²) < 4.78 is 25.6. The van der Waals surface area contributed by atoms with Crippen molar-refractivity contribution in [1.29, 1.82) is 0 Å². The van der Waals surface area contributed by atoms with Crippen LogP contribution in [0, 0.1) is 26.2 Å². The first-order chi connectivity index (χ1) is 7.82. The van der Waals surface area contributed by atoms with E-state index >= 15 is 0 Å². The predicted octanol–water partition coefficient (Wildman–Crippen LogP) is 1.14. The molecule has 0 unspecified atom stereocenters. The van der Waals surface area contributed by atoms with Gasteiger partial charge < -0.3 is 5.73 Å². The van der Waals surface area contributed by atoms with Crippen LogP contribution in [0.4, 0.5) is 5.69 Å². The van der Waals surface area contributed by atoms with Crippen molar-refractivity contribution in [3.05, 3.63) is 23.3 Å². The van der Waals surface area contributed by atoms with Crippen molar-refractivity contribution < 1.29 is 8.42 Å². The highest BCUT2D eigenvalue weighted by atomic mass is 32.2. The molecule has 17 heavy (non-hydrogen) atoms. The molecule has 0 aliphatic rings. The highest BCUT2D eigenvalue weighted by Crippen LogP contribution is 2.27. The molecule has 0 aliphatic heterocycles. The van der Waals surface area contributed by atoms with Crippen LogP contribution in [0.3, 0.4) is 0 Å². The van der Waals surface area contributed by atoms with E-state index in [0.717, 1.165) is 9.87 Å². The quantitative estimate of drug-likeness (QED) is 0.648. The molecule has 0 saturated heterocycles. The molecule has 1 rings (SSSR count). The molecular formula is C12H16N2O2S. The third kappa shape index (κ3) is 2.43. The maximum Gasteiger partial charge on any atom is 0.246 e. The smallest absolute Gasteiger partial charge is 0.246 e. The van der Waals surface area contributed by atoms with Crippen molar-refractivity contribution in [2.24, 2.45) is 0 Å². The van der Waals surface area contributed by atoms with Crippen molar-refractivity contribution in [3.8, 4) is 12.3 Å². The molecule has 4 nitrogen and oxygen atoms in total. The Morgan fingerprint density at radius 3 is 2.41 bits per heavy atom. The number of aryl methyl sites for hydroxylation is 2. The zero-order valence-electron chi connectivity index (χ0n) is 10.2. The summed E-state index contributed by atoms with van der Waals surface area (Å²) in [4.78, 5) is 0.148. The highest BCUT2D eigenvalue weighted by molar-refractivity contribution is 7.89. The van der Waals surface area contributed by atoms with E-state index < -0.39 is 10.0 Å². The predicted molar refractivity (Wildman–Crippen MR) is 69.0 cm³/mol. The van der Waals surface area contributed by atoms with E-state index in [4.69, 9.17) is 12.2 Å². The van der Waals surface area contributed by atoms with Gasteiger partial charge in [-0.2, -0.15) is 4.31 Å². The van der Waals surface area contributed by atoms with E-state index in [2.05, 4.69) is 5.92 Å². The molecule has 0 spiro atoms. The molecule has 0 amide bonds. The summed E-state index contributed by atoms with van der Waals surface area (Å²) in [6, 6.07) is 3.53. The summed E-state index contributed by atoms with van der Waals surface area (Å²) in [5.74, 6) is 2.30. The molecule has 92 valence electrons. The summed E-state index contributed by atoms with van der Waals surface area (Å²) in [6.45, 7) is 3.51. The number of nitrogens with zero attached hydrogens (tertiary/aromatic N) is 1. The van der Waals surface area contributed by atoms with Gasteiger partial charge in [-0.05, 0) is 25.0 Å². The van der Waals surface area contributed by atoms with Crippen LogP contribution in [0.5, 0.6) is 0 Å². The van der Waals surface area contributed by atoms with Crippen molar-refractivity contribution in [2.75, 3.05) is 19.3 Å². The molecule has 0 saturated carbocycles. The van der Waals surface area contributed by atoms with Gasteiger partial charge in [0, 0.05) is 7.05 Å². The monoisotopic (exact) mass is 252 g/mol. The van der Waals surface area contributed by atoms with E-state index in [1.54, 1.807) is 26.0 Å². The van der Waals surface area contributed by atoms with Gasteiger partial charge in [0.15, 0.2) is 0 Å². The number of anilines is 1. The number of nitrogen functional groups attached to an aromatic ring is 1. The SMILES string of the molecule is C#CCN(C)S(=O)(=O)c1c(C)ccc(C)c1N.